The topological polar surface area (TPSA) is 0 Å². The lowest BCUT2D eigenvalue weighted by Gasteiger charge is -2.53. The first-order chi connectivity index (χ1) is 7.58. The summed E-state index contributed by atoms with van der Waals surface area (Å²) in [5.41, 5.74) is 2.98. The van der Waals surface area contributed by atoms with Crippen molar-refractivity contribution < 1.29 is 0 Å². The van der Waals surface area contributed by atoms with E-state index in [1.807, 2.05) is 0 Å². The van der Waals surface area contributed by atoms with Gasteiger partial charge in [-0.05, 0) is 28.2 Å². The van der Waals surface area contributed by atoms with Gasteiger partial charge in [0.2, 0.25) is 0 Å². The first-order valence-corrected chi connectivity index (χ1v) is 6.32. The minimum Gasteiger partial charge on any atom is -0.0839 e. The maximum absolute atomic E-state index is 2.49. The highest BCUT2D eigenvalue weighted by Gasteiger charge is 2.93. The summed E-state index contributed by atoms with van der Waals surface area (Å²) in [7, 11) is 0. The van der Waals surface area contributed by atoms with Crippen LogP contribution in [0.5, 0.6) is 0 Å². The van der Waals surface area contributed by atoms with Gasteiger partial charge >= 0.3 is 0 Å². The molecule has 0 amide bonds. The predicted octanol–water partition coefficient (Wildman–Crippen LogP) is 3.79. The molecule has 1 aromatic rings. The van der Waals surface area contributed by atoms with Gasteiger partial charge in [-0.3, -0.25) is 0 Å². The van der Waals surface area contributed by atoms with Gasteiger partial charge in [-0.1, -0.05) is 63.3 Å². The highest BCUT2D eigenvalue weighted by atomic mass is 15.0. The second-order valence-electron chi connectivity index (χ2n) is 6.44. The molecule has 82 valence electrons. The average molecular weight is 210 g/mol. The first kappa shape index (κ1) is 9.04. The fourth-order valence-corrected chi connectivity index (χ4v) is 5.37. The maximum Gasteiger partial charge on any atom is 0.0143 e. The lowest BCUT2D eigenvalue weighted by molar-refractivity contribution is 0.0935. The van der Waals surface area contributed by atoms with Crippen LogP contribution >= 0.6 is 0 Å². The Morgan fingerprint density at radius 1 is 0.875 bits per heavy atom. The Kier molecular flexibility index (Phi) is 1.22. The van der Waals surface area contributed by atoms with Crippen molar-refractivity contribution in [3.63, 3.8) is 0 Å². The van der Waals surface area contributed by atoms with E-state index in [9.17, 15) is 0 Å². The molecule has 0 heteroatoms. The minimum absolute atomic E-state index is 0.445. The molecule has 1 aromatic carbocycles. The number of benzene rings is 1. The van der Waals surface area contributed by atoms with E-state index < -0.39 is 0 Å². The van der Waals surface area contributed by atoms with Crippen LogP contribution in [0.15, 0.2) is 42.5 Å². The Balaban J connectivity index is 1.93. The van der Waals surface area contributed by atoms with E-state index in [1.165, 1.54) is 0 Å². The van der Waals surface area contributed by atoms with Crippen LogP contribution in [-0.4, -0.2) is 0 Å². The third-order valence-electron chi connectivity index (χ3n) is 6.35. The van der Waals surface area contributed by atoms with Gasteiger partial charge in [0.05, 0.1) is 0 Å². The van der Waals surface area contributed by atoms with E-state index >= 15 is 0 Å². The molecule has 2 saturated carbocycles. The number of hydrogen-bond acceptors (Lipinski definition) is 0. The molecule has 0 spiro atoms. The SMILES string of the molecule is CC1(C)[C@]2(C)[C@@H]3C=C[C@H]3[C@]12c1ccccc1. The summed E-state index contributed by atoms with van der Waals surface area (Å²) in [6, 6.07) is 11.2. The Morgan fingerprint density at radius 3 is 2.00 bits per heavy atom. The molecule has 4 atom stereocenters. The second kappa shape index (κ2) is 2.16. The summed E-state index contributed by atoms with van der Waals surface area (Å²) in [6.45, 7) is 7.41. The average Bonchev–Trinajstić information content (AvgIpc) is 2.56. The van der Waals surface area contributed by atoms with Crippen molar-refractivity contribution >= 4 is 0 Å². The Bertz CT molecular complexity index is 496. The van der Waals surface area contributed by atoms with E-state index in [0.29, 0.717) is 16.2 Å². The molecule has 0 aromatic heterocycles. The molecule has 0 radical (unpaired) electrons. The standard InChI is InChI=1S/C16H18/c1-14(2)15(3)12-9-10-13(12)16(14,15)11-7-5-4-6-8-11/h4-10,12-13H,1-3H3/t12-,13-,15+,16-/m1/s1. The van der Waals surface area contributed by atoms with Crippen LogP contribution in [0.25, 0.3) is 0 Å². The zero-order chi connectivity index (χ0) is 11.2. The third kappa shape index (κ3) is 0.533. The molecule has 16 heavy (non-hydrogen) atoms. The molecular weight excluding hydrogens is 192 g/mol. The van der Waals surface area contributed by atoms with Crippen LogP contribution in [0, 0.1) is 22.7 Å². The number of allylic oxidation sites excluding steroid dienone is 2. The third-order valence-corrected chi connectivity index (χ3v) is 6.35. The number of rotatable bonds is 1. The van der Waals surface area contributed by atoms with Crippen LogP contribution in [0.2, 0.25) is 0 Å². The Hall–Kier alpha value is -1.04. The summed E-state index contributed by atoms with van der Waals surface area (Å²) in [4.78, 5) is 0. The zero-order valence-corrected chi connectivity index (χ0v) is 10.2. The highest BCUT2D eigenvalue weighted by Crippen LogP contribution is 2.94. The summed E-state index contributed by atoms with van der Waals surface area (Å²) < 4.78 is 0. The van der Waals surface area contributed by atoms with Gasteiger partial charge in [0.25, 0.3) is 0 Å². The second-order valence-corrected chi connectivity index (χ2v) is 6.44. The van der Waals surface area contributed by atoms with E-state index in [-0.39, 0.29) is 0 Å². The smallest absolute Gasteiger partial charge is 0.0143 e. The van der Waals surface area contributed by atoms with E-state index in [4.69, 9.17) is 0 Å². The van der Waals surface area contributed by atoms with Gasteiger partial charge in [0, 0.05) is 5.41 Å². The van der Waals surface area contributed by atoms with Gasteiger partial charge in [-0.15, -0.1) is 0 Å². The van der Waals surface area contributed by atoms with Gasteiger partial charge in [-0.2, -0.15) is 0 Å². The molecule has 0 N–H and O–H groups in total. The Morgan fingerprint density at radius 2 is 1.50 bits per heavy atom. The van der Waals surface area contributed by atoms with Crippen molar-refractivity contribution in [2.24, 2.45) is 22.7 Å². The highest BCUT2D eigenvalue weighted by molar-refractivity contribution is 5.59. The van der Waals surface area contributed by atoms with Gasteiger partial charge in [0.1, 0.15) is 0 Å². The molecule has 0 bridgehead atoms. The molecule has 0 saturated heterocycles. The quantitative estimate of drug-likeness (QED) is 0.619. The van der Waals surface area contributed by atoms with Crippen LogP contribution in [0.1, 0.15) is 26.3 Å². The minimum atomic E-state index is 0.445. The number of fused-ring (bicyclic) bond motifs is 4. The molecule has 0 nitrogen and oxygen atoms in total. The molecule has 0 heterocycles. The van der Waals surface area contributed by atoms with Crippen LogP contribution in [0.3, 0.4) is 0 Å². The summed E-state index contributed by atoms with van der Waals surface area (Å²) in [5, 5.41) is 0. The maximum atomic E-state index is 2.49. The predicted molar refractivity (Wildman–Crippen MR) is 66.1 cm³/mol. The van der Waals surface area contributed by atoms with Gasteiger partial charge in [0.15, 0.2) is 0 Å². The van der Waals surface area contributed by atoms with Crippen molar-refractivity contribution in [1.82, 2.24) is 0 Å². The lowest BCUT2D eigenvalue weighted by atomic mass is 9.50. The van der Waals surface area contributed by atoms with E-state index in [1.54, 1.807) is 5.56 Å². The van der Waals surface area contributed by atoms with Crippen molar-refractivity contribution in [3.05, 3.63) is 48.0 Å². The van der Waals surface area contributed by atoms with Gasteiger partial charge in [-0.25, -0.2) is 0 Å². The molecule has 0 unspecified atom stereocenters. The van der Waals surface area contributed by atoms with Crippen molar-refractivity contribution in [2.45, 2.75) is 26.2 Å². The van der Waals surface area contributed by atoms with Crippen molar-refractivity contribution in [3.8, 4) is 0 Å². The monoisotopic (exact) mass is 210 g/mol. The normalized spacial score (nSPS) is 49.7. The molecule has 2 fully saturated rings. The molecular formula is C16H18. The summed E-state index contributed by atoms with van der Waals surface area (Å²) in [6.07, 6.45) is 4.87. The summed E-state index contributed by atoms with van der Waals surface area (Å²) >= 11 is 0. The zero-order valence-electron chi connectivity index (χ0n) is 10.2. The lowest BCUT2D eigenvalue weighted by Crippen LogP contribution is -2.50. The fraction of sp³-hybridized carbons (Fsp3) is 0.500. The van der Waals surface area contributed by atoms with Crippen molar-refractivity contribution in [1.29, 1.82) is 0 Å². The fourth-order valence-electron chi connectivity index (χ4n) is 5.37. The Labute approximate surface area is 97.4 Å². The van der Waals surface area contributed by atoms with Crippen LogP contribution < -0.4 is 0 Å². The van der Waals surface area contributed by atoms with Crippen LogP contribution in [0.4, 0.5) is 0 Å². The number of hydrogen-bond donors (Lipinski definition) is 0. The molecule has 4 rings (SSSR count). The largest absolute Gasteiger partial charge is 0.0839 e. The molecule has 3 aliphatic rings. The summed E-state index contributed by atoms with van der Waals surface area (Å²) in [5.74, 6) is 1.66. The first-order valence-electron chi connectivity index (χ1n) is 6.32. The molecule has 3 aliphatic carbocycles. The molecule has 0 aliphatic heterocycles. The van der Waals surface area contributed by atoms with E-state index in [2.05, 4.69) is 63.3 Å². The van der Waals surface area contributed by atoms with E-state index in [0.717, 1.165) is 11.8 Å². The van der Waals surface area contributed by atoms with Crippen molar-refractivity contribution in [2.75, 3.05) is 0 Å². The van der Waals surface area contributed by atoms with Gasteiger partial charge < -0.3 is 0 Å². The van der Waals surface area contributed by atoms with Crippen LogP contribution in [-0.2, 0) is 5.41 Å².